The monoisotopic (exact) mass is 360 g/mol. The molecule has 1 atom stereocenters. The maximum Gasteiger partial charge on any atom is 0.336 e. The Labute approximate surface area is 149 Å². The molecule has 1 aliphatic carbocycles. The molecule has 0 aromatic heterocycles. The Bertz CT molecular complexity index is 880. The summed E-state index contributed by atoms with van der Waals surface area (Å²) in [5, 5.41) is 12.8. The van der Waals surface area contributed by atoms with Crippen LogP contribution in [-0.2, 0) is 9.53 Å². The quantitative estimate of drug-likeness (QED) is 0.835. The lowest BCUT2D eigenvalue weighted by Gasteiger charge is -2.30. The van der Waals surface area contributed by atoms with E-state index in [-0.39, 0.29) is 28.4 Å². The van der Waals surface area contributed by atoms with Crippen molar-refractivity contribution in [1.82, 2.24) is 5.32 Å². The van der Waals surface area contributed by atoms with Crippen molar-refractivity contribution in [2.24, 2.45) is 5.92 Å². The summed E-state index contributed by atoms with van der Waals surface area (Å²) < 4.78 is 37.9. The Morgan fingerprint density at radius 2 is 2.00 bits per heavy atom. The molecule has 0 radical (unpaired) electrons. The van der Waals surface area contributed by atoms with Crippen LogP contribution in [-0.4, -0.2) is 20.2 Å². The normalized spacial score (nSPS) is 19.8. The number of allylic oxidation sites excluding steroid dienone is 3. The molecular formula is C19H18F2N2O3. The fourth-order valence-corrected chi connectivity index (χ4v) is 3.33. The van der Waals surface area contributed by atoms with Gasteiger partial charge in [0.25, 0.3) is 0 Å². The molecule has 1 saturated carbocycles. The molecule has 7 heteroatoms. The Kier molecular flexibility index (Phi) is 4.68. The maximum absolute atomic E-state index is 14.3. The van der Waals surface area contributed by atoms with Crippen molar-refractivity contribution in [1.29, 1.82) is 5.26 Å². The lowest BCUT2D eigenvalue weighted by atomic mass is 9.79. The third-order valence-corrected chi connectivity index (χ3v) is 4.70. The molecule has 1 N–H and O–H groups in total. The molecule has 0 saturated heterocycles. The lowest BCUT2D eigenvalue weighted by molar-refractivity contribution is -0.136. The van der Waals surface area contributed by atoms with E-state index in [1.807, 2.05) is 0 Å². The number of hydrogen-bond donors (Lipinski definition) is 1. The number of carbonyl (C=O) groups is 1. The molecule has 1 aromatic rings. The minimum absolute atomic E-state index is 0.151. The number of benzene rings is 1. The van der Waals surface area contributed by atoms with Gasteiger partial charge in [-0.25, -0.2) is 9.18 Å². The van der Waals surface area contributed by atoms with Crippen LogP contribution in [0.15, 0.2) is 34.7 Å². The highest BCUT2D eigenvalue weighted by Crippen LogP contribution is 2.48. The molecule has 136 valence electrons. The number of carbonyl (C=O) groups excluding carboxylic acids is 1. The van der Waals surface area contributed by atoms with E-state index in [1.165, 1.54) is 20.3 Å². The van der Waals surface area contributed by atoms with Gasteiger partial charge in [-0.05, 0) is 31.7 Å². The van der Waals surface area contributed by atoms with E-state index in [2.05, 4.69) is 11.4 Å². The van der Waals surface area contributed by atoms with Gasteiger partial charge in [0.1, 0.15) is 0 Å². The van der Waals surface area contributed by atoms with Crippen LogP contribution in [0.2, 0.25) is 0 Å². The van der Waals surface area contributed by atoms with Crippen LogP contribution in [0.1, 0.15) is 31.2 Å². The van der Waals surface area contributed by atoms with Gasteiger partial charge in [-0.15, -0.1) is 0 Å². The fourth-order valence-electron chi connectivity index (χ4n) is 3.33. The Balaban J connectivity index is 2.29. The zero-order valence-corrected chi connectivity index (χ0v) is 14.7. The first-order chi connectivity index (χ1) is 12.4. The molecule has 1 aliphatic heterocycles. The zero-order chi connectivity index (χ0) is 19.0. The summed E-state index contributed by atoms with van der Waals surface area (Å²) in [5.74, 6) is -3.90. The van der Waals surface area contributed by atoms with Crippen molar-refractivity contribution in [3.05, 3.63) is 51.9 Å². The van der Waals surface area contributed by atoms with Crippen LogP contribution in [0.4, 0.5) is 8.78 Å². The number of dihydropyridines is 1. The van der Waals surface area contributed by atoms with Gasteiger partial charge in [-0.3, -0.25) is 0 Å². The molecule has 3 rings (SSSR count). The van der Waals surface area contributed by atoms with Gasteiger partial charge in [0, 0.05) is 17.0 Å². The number of nitrogens with zero attached hydrogens (tertiary/aromatic N) is 1. The minimum atomic E-state index is -1.16. The van der Waals surface area contributed by atoms with Crippen LogP contribution in [0.5, 0.6) is 5.75 Å². The van der Waals surface area contributed by atoms with Crippen molar-refractivity contribution in [2.45, 2.75) is 25.7 Å². The van der Waals surface area contributed by atoms with E-state index in [9.17, 15) is 18.8 Å². The smallest absolute Gasteiger partial charge is 0.336 e. The SMILES string of the molecule is COC(=O)C1=C(C2CC2)NC(C)=C(C#N)C1c1ccc(F)c(F)c1OC. The summed E-state index contributed by atoms with van der Waals surface area (Å²) in [5.41, 5.74) is 1.92. The van der Waals surface area contributed by atoms with Gasteiger partial charge in [-0.2, -0.15) is 9.65 Å². The molecule has 26 heavy (non-hydrogen) atoms. The van der Waals surface area contributed by atoms with Gasteiger partial charge < -0.3 is 14.8 Å². The zero-order valence-electron chi connectivity index (χ0n) is 14.7. The molecule has 1 fully saturated rings. The largest absolute Gasteiger partial charge is 0.493 e. The van der Waals surface area contributed by atoms with E-state index in [0.29, 0.717) is 11.4 Å². The van der Waals surface area contributed by atoms with E-state index in [4.69, 9.17) is 9.47 Å². The average Bonchev–Trinajstić information content (AvgIpc) is 3.47. The first kappa shape index (κ1) is 17.9. The van der Waals surface area contributed by atoms with Crippen molar-refractivity contribution >= 4 is 5.97 Å². The second-order valence-electron chi connectivity index (χ2n) is 6.29. The molecular weight excluding hydrogens is 342 g/mol. The third kappa shape index (κ3) is 2.81. The lowest BCUT2D eigenvalue weighted by Crippen LogP contribution is -2.30. The third-order valence-electron chi connectivity index (χ3n) is 4.70. The minimum Gasteiger partial charge on any atom is -0.493 e. The summed E-state index contributed by atoms with van der Waals surface area (Å²) >= 11 is 0. The number of nitriles is 1. The first-order valence-electron chi connectivity index (χ1n) is 8.16. The number of esters is 1. The second-order valence-corrected chi connectivity index (χ2v) is 6.29. The van der Waals surface area contributed by atoms with Gasteiger partial charge in [0.05, 0.1) is 37.4 Å². The highest BCUT2D eigenvalue weighted by Gasteiger charge is 2.42. The number of nitrogens with one attached hydrogen (secondary N) is 1. The Morgan fingerprint density at radius 1 is 1.31 bits per heavy atom. The average molecular weight is 360 g/mol. The summed E-state index contributed by atoms with van der Waals surface area (Å²) in [7, 11) is 2.46. The van der Waals surface area contributed by atoms with Crippen molar-refractivity contribution < 1.29 is 23.0 Å². The topological polar surface area (TPSA) is 71.3 Å². The number of hydrogen-bond acceptors (Lipinski definition) is 5. The molecule has 1 heterocycles. The summed E-state index contributed by atoms with van der Waals surface area (Å²) in [6.45, 7) is 1.72. The van der Waals surface area contributed by atoms with E-state index >= 15 is 0 Å². The molecule has 0 spiro atoms. The highest BCUT2D eigenvalue weighted by atomic mass is 19.2. The van der Waals surface area contributed by atoms with Gasteiger partial charge in [-0.1, -0.05) is 6.07 Å². The Hall–Kier alpha value is -2.88. The number of halogens is 2. The van der Waals surface area contributed by atoms with Crippen LogP contribution in [0, 0.1) is 28.9 Å². The van der Waals surface area contributed by atoms with Crippen molar-refractivity contribution in [3.63, 3.8) is 0 Å². The van der Waals surface area contributed by atoms with Crippen LogP contribution in [0.25, 0.3) is 0 Å². The highest BCUT2D eigenvalue weighted by molar-refractivity contribution is 5.93. The molecule has 0 amide bonds. The number of ether oxygens (including phenoxy) is 2. The summed E-state index contributed by atoms with van der Waals surface area (Å²) in [6, 6.07) is 4.38. The van der Waals surface area contributed by atoms with E-state index in [0.717, 1.165) is 18.9 Å². The molecule has 5 nitrogen and oxygen atoms in total. The predicted molar refractivity (Wildman–Crippen MR) is 88.9 cm³/mol. The summed E-state index contributed by atoms with van der Waals surface area (Å²) in [4.78, 5) is 12.6. The second kappa shape index (κ2) is 6.79. The van der Waals surface area contributed by atoms with Gasteiger partial charge in [0.2, 0.25) is 5.82 Å². The van der Waals surface area contributed by atoms with Gasteiger partial charge in [0.15, 0.2) is 11.6 Å². The Morgan fingerprint density at radius 3 is 2.54 bits per heavy atom. The van der Waals surface area contributed by atoms with Crippen LogP contribution in [0.3, 0.4) is 0 Å². The van der Waals surface area contributed by atoms with Gasteiger partial charge >= 0.3 is 5.97 Å². The molecule has 1 unspecified atom stereocenters. The number of rotatable bonds is 4. The standard InChI is InChI=1S/C19H18F2N2O3/c1-9-12(8-22)14(11-6-7-13(20)16(21)18(11)25-2)15(19(24)26-3)17(23-9)10-4-5-10/h6-7,10,14,23H,4-5H2,1-3H3. The summed E-state index contributed by atoms with van der Waals surface area (Å²) in [6.07, 6.45) is 1.80. The predicted octanol–water partition coefficient (Wildman–Crippen LogP) is 3.29. The first-order valence-corrected chi connectivity index (χ1v) is 8.16. The van der Waals surface area contributed by atoms with Crippen molar-refractivity contribution in [3.8, 4) is 11.8 Å². The van der Waals surface area contributed by atoms with Crippen LogP contribution < -0.4 is 10.1 Å². The van der Waals surface area contributed by atoms with E-state index < -0.39 is 23.5 Å². The van der Waals surface area contributed by atoms with E-state index in [1.54, 1.807) is 6.92 Å². The number of methoxy groups -OCH3 is 2. The maximum atomic E-state index is 14.3. The molecule has 2 aliphatic rings. The molecule has 0 bridgehead atoms. The fraction of sp³-hybridized carbons (Fsp3) is 0.368. The molecule has 1 aromatic carbocycles. The van der Waals surface area contributed by atoms with Crippen molar-refractivity contribution in [2.75, 3.05) is 14.2 Å². The van der Waals surface area contributed by atoms with Crippen LogP contribution >= 0.6 is 0 Å².